The third-order valence-electron chi connectivity index (χ3n) is 13.6. The minimum Gasteiger partial charge on any atom is -0.508 e. The molecule has 418 valence electrons. The SMILES string of the molecule is CC(C)[C@H](NC(=O)[C@H](CCCN=C(N)N)NC(=O)[C@@H](N)CC(N)=O)C(=O)N[C@@H](Cc1ccc(O)cc1)C(=O)N[C@H](C(=O)N[C@@H](Cc1cnc[nH]1)C(=O)N1CCC[C@H]1C(=O)N[C@@H](Cc1ccccc1)C(=O)O)C1CCCCC1. The highest BCUT2D eigenvalue weighted by Gasteiger charge is 2.42. The van der Waals surface area contributed by atoms with Crippen LogP contribution in [0.4, 0.5) is 0 Å². The van der Waals surface area contributed by atoms with Crippen LogP contribution in [0, 0.1) is 11.8 Å². The van der Waals surface area contributed by atoms with Crippen LogP contribution in [0.15, 0.2) is 72.1 Å². The Hall–Kier alpha value is -8.09. The van der Waals surface area contributed by atoms with E-state index in [2.05, 4.69) is 46.9 Å². The van der Waals surface area contributed by atoms with Gasteiger partial charge >= 0.3 is 5.97 Å². The van der Waals surface area contributed by atoms with Crippen molar-refractivity contribution in [3.63, 3.8) is 0 Å². The molecule has 5 rings (SSSR count). The highest BCUT2D eigenvalue weighted by molar-refractivity contribution is 5.98. The van der Waals surface area contributed by atoms with Gasteiger partial charge in [-0.05, 0) is 73.6 Å². The number of guanidine groups is 1. The Kier molecular flexibility index (Phi) is 22.7. The molecule has 0 radical (unpaired) electrons. The first-order chi connectivity index (χ1) is 36.7. The van der Waals surface area contributed by atoms with Gasteiger partial charge in [-0.1, -0.05) is 75.6 Å². The Morgan fingerprint density at radius 1 is 0.714 bits per heavy atom. The van der Waals surface area contributed by atoms with Crippen molar-refractivity contribution in [3.05, 3.63) is 83.9 Å². The summed E-state index contributed by atoms with van der Waals surface area (Å²) in [5.41, 5.74) is 23.7. The summed E-state index contributed by atoms with van der Waals surface area (Å²) in [6.45, 7) is 3.52. The summed E-state index contributed by atoms with van der Waals surface area (Å²) < 4.78 is 0. The molecule has 1 aromatic heterocycles. The van der Waals surface area contributed by atoms with E-state index in [1.165, 1.54) is 29.6 Å². The fourth-order valence-electron chi connectivity index (χ4n) is 9.51. The van der Waals surface area contributed by atoms with E-state index >= 15 is 0 Å². The number of H-pyrrole nitrogens is 1. The number of phenols is 1. The third-order valence-corrected chi connectivity index (χ3v) is 13.6. The molecule has 8 atom stereocenters. The number of phenolic OH excluding ortho intramolecular Hbond substituents is 1. The van der Waals surface area contributed by atoms with Crippen molar-refractivity contribution in [2.45, 2.75) is 146 Å². The topological polar surface area (TPSA) is 415 Å². The first-order valence-electron chi connectivity index (χ1n) is 25.9. The first kappa shape index (κ1) is 59.8. The molecule has 0 spiro atoms. The fraction of sp³-hybridized carbons (Fsp3) is 0.519. The van der Waals surface area contributed by atoms with Gasteiger partial charge in [-0.25, -0.2) is 9.78 Å². The monoisotopic (exact) mass is 1070 g/mol. The lowest BCUT2D eigenvalue weighted by Gasteiger charge is -2.34. The minimum absolute atomic E-state index is 0.00636. The number of carboxylic acid groups (broad SMARTS) is 1. The molecule has 17 N–H and O–H groups in total. The molecule has 2 aromatic carbocycles. The van der Waals surface area contributed by atoms with Gasteiger partial charge in [0.15, 0.2) is 5.96 Å². The average molecular weight is 1070 g/mol. The molecule has 1 saturated heterocycles. The van der Waals surface area contributed by atoms with Crippen molar-refractivity contribution in [2.75, 3.05) is 13.1 Å². The number of aliphatic imine (C=N–C) groups is 1. The van der Waals surface area contributed by atoms with E-state index in [-0.39, 0.29) is 63.3 Å². The van der Waals surface area contributed by atoms with Crippen LogP contribution in [-0.4, -0.2) is 146 Å². The quantitative estimate of drug-likeness (QED) is 0.0227. The number of rotatable bonds is 28. The Bertz CT molecular complexity index is 2520. The standard InChI is InChI=1S/C52H74N14O11/c1-29(2)42(64-45(70)36(15-9-21-58-52(55)56)60-44(69)35(53)26-41(54)68)48(73)61-37(23-31-17-19-34(67)20-18-31)46(71)65-43(32-13-7-4-8-14-32)49(74)62-38(25-33-27-57-28-59-33)50(75)66-22-10-16-40(66)47(72)63-39(51(76)77)24-30-11-5-3-6-12-30/h3,5-6,11-12,17-20,27-29,32,35-40,42-43,67H,4,7-10,13-16,21-26,53H2,1-2H3,(H2,54,68)(H,57,59)(H,60,69)(H,61,73)(H,62,74)(H,63,72)(H,64,70)(H,65,71)(H,76,77)(H4,55,56,58)/t35-,36-,37-,38-,39-,40-,42-,43-/m0/s1. The van der Waals surface area contributed by atoms with Crippen molar-refractivity contribution < 1.29 is 53.4 Å². The largest absolute Gasteiger partial charge is 0.508 e. The van der Waals surface area contributed by atoms with Gasteiger partial charge in [-0.3, -0.25) is 43.3 Å². The Morgan fingerprint density at radius 3 is 1.97 bits per heavy atom. The maximum absolute atomic E-state index is 14.9. The highest BCUT2D eigenvalue weighted by atomic mass is 16.4. The maximum atomic E-state index is 14.9. The molecule has 2 heterocycles. The number of aromatic nitrogens is 2. The summed E-state index contributed by atoms with van der Waals surface area (Å²) in [6, 6.07) is 4.46. The summed E-state index contributed by atoms with van der Waals surface area (Å²) in [7, 11) is 0. The van der Waals surface area contributed by atoms with Gasteiger partial charge < -0.3 is 74.9 Å². The molecule has 1 aliphatic carbocycles. The number of carbonyl (C=O) groups excluding carboxylic acids is 8. The van der Waals surface area contributed by atoms with Crippen LogP contribution < -0.4 is 54.8 Å². The van der Waals surface area contributed by atoms with Crippen LogP contribution in [0.3, 0.4) is 0 Å². The number of hydrogen-bond donors (Lipinski definition) is 13. The molecule has 77 heavy (non-hydrogen) atoms. The number of aliphatic carboxylic acids is 1. The zero-order chi connectivity index (χ0) is 56.2. The van der Waals surface area contributed by atoms with Gasteiger partial charge in [0.25, 0.3) is 0 Å². The Morgan fingerprint density at radius 2 is 1.35 bits per heavy atom. The van der Waals surface area contributed by atoms with E-state index in [4.69, 9.17) is 22.9 Å². The lowest BCUT2D eigenvalue weighted by atomic mass is 9.83. The number of imidazole rings is 1. The summed E-state index contributed by atoms with van der Waals surface area (Å²) >= 11 is 0. The van der Waals surface area contributed by atoms with Crippen LogP contribution in [0.5, 0.6) is 5.75 Å². The molecule has 8 amide bonds. The number of likely N-dealkylation sites (tertiary alicyclic amines) is 1. The van der Waals surface area contributed by atoms with E-state index in [1.807, 2.05) is 0 Å². The lowest BCUT2D eigenvalue weighted by Crippen LogP contribution is -2.62. The van der Waals surface area contributed by atoms with Crippen molar-refractivity contribution in [1.29, 1.82) is 0 Å². The van der Waals surface area contributed by atoms with Gasteiger partial charge in [0.05, 0.1) is 18.8 Å². The van der Waals surface area contributed by atoms with Crippen molar-refractivity contribution >= 4 is 59.2 Å². The smallest absolute Gasteiger partial charge is 0.326 e. The second-order valence-electron chi connectivity index (χ2n) is 20.0. The molecule has 2 fully saturated rings. The number of nitrogens with one attached hydrogen (secondary N) is 7. The second-order valence-corrected chi connectivity index (χ2v) is 20.0. The van der Waals surface area contributed by atoms with E-state index in [0.29, 0.717) is 36.1 Å². The molecule has 1 aliphatic heterocycles. The Balaban J connectivity index is 1.39. The number of benzene rings is 2. The van der Waals surface area contributed by atoms with Crippen LogP contribution in [0.1, 0.15) is 94.9 Å². The van der Waals surface area contributed by atoms with Crippen LogP contribution in [-0.2, 0) is 62.4 Å². The number of hydrogen-bond acceptors (Lipinski definition) is 13. The highest BCUT2D eigenvalue weighted by Crippen LogP contribution is 2.28. The van der Waals surface area contributed by atoms with Crippen LogP contribution >= 0.6 is 0 Å². The summed E-state index contributed by atoms with van der Waals surface area (Å²) in [5, 5.41) is 36.5. The van der Waals surface area contributed by atoms with Crippen molar-refractivity contribution in [3.8, 4) is 5.75 Å². The Labute approximate surface area is 446 Å². The average Bonchev–Trinajstić information content (AvgIpc) is 4.12. The predicted molar refractivity (Wildman–Crippen MR) is 281 cm³/mol. The van der Waals surface area contributed by atoms with E-state index in [9.17, 15) is 53.4 Å². The fourth-order valence-corrected chi connectivity index (χ4v) is 9.51. The van der Waals surface area contributed by atoms with E-state index in [0.717, 1.165) is 19.3 Å². The van der Waals surface area contributed by atoms with Crippen LogP contribution in [0.25, 0.3) is 0 Å². The maximum Gasteiger partial charge on any atom is 0.326 e. The first-order valence-corrected chi connectivity index (χ1v) is 25.9. The number of carbonyl (C=O) groups is 9. The number of nitrogens with two attached hydrogens (primary N) is 4. The third kappa shape index (κ3) is 18.6. The van der Waals surface area contributed by atoms with Gasteiger partial charge in [-0.2, -0.15) is 0 Å². The lowest BCUT2D eigenvalue weighted by molar-refractivity contribution is -0.145. The molecular formula is C52H74N14O11. The predicted octanol–water partition coefficient (Wildman–Crippen LogP) is -1.38. The molecule has 3 aromatic rings. The minimum atomic E-state index is -1.39. The zero-order valence-corrected chi connectivity index (χ0v) is 43.5. The molecule has 1 saturated carbocycles. The molecule has 25 nitrogen and oxygen atoms in total. The molecular weight excluding hydrogens is 997 g/mol. The van der Waals surface area contributed by atoms with Gasteiger partial charge in [0.1, 0.15) is 48.0 Å². The van der Waals surface area contributed by atoms with Crippen molar-refractivity contribution in [1.82, 2.24) is 46.8 Å². The van der Waals surface area contributed by atoms with Gasteiger partial charge in [0.2, 0.25) is 47.3 Å². The van der Waals surface area contributed by atoms with Crippen molar-refractivity contribution in [2.24, 2.45) is 39.8 Å². The van der Waals surface area contributed by atoms with E-state index < -0.39 is 120 Å². The molecule has 2 aliphatic rings. The number of amides is 8. The van der Waals surface area contributed by atoms with E-state index in [1.54, 1.807) is 56.3 Å². The number of aromatic amines is 1. The molecule has 0 unspecified atom stereocenters. The number of aromatic hydroxyl groups is 1. The van der Waals surface area contributed by atoms with Gasteiger partial charge in [0, 0.05) is 44.2 Å². The molecule has 25 heteroatoms. The zero-order valence-electron chi connectivity index (χ0n) is 43.5. The summed E-state index contributed by atoms with van der Waals surface area (Å²) in [5.74, 6) is -8.59. The number of nitrogens with zero attached hydrogens (tertiary/aromatic N) is 3. The summed E-state index contributed by atoms with van der Waals surface area (Å²) in [6.07, 6.45) is 6.43. The number of carboxylic acids is 1. The van der Waals surface area contributed by atoms with Gasteiger partial charge in [-0.15, -0.1) is 0 Å². The summed E-state index contributed by atoms with van der Waals surface area (Å²) in [4.78, 5) is 136. The van der Waals surface area contributed by atoms with Crippen LogP contribution in [0.2, 0.25) is 0 Å². The normalized spacial score (nSPS) is 17.2. The molecule has 0 bridgehead atoms. The second kappa shape index (κ2) is 29.3. The number of primary amides is 1.